The fraction of sp³-hybridized carbons (Fsp3) is 0.200. The molecule has 0 bridgehead atoms. The molecule has 6 heteroatoms. The Bertz CT molecular complexity index is 926. The zero-order valence-corrected chi connectivity index (χ0v) is 15.3. The van der Waals surface area contributed by atoms with Crippen LogP contribution in [-0.4, -0.2) is 24.2 Å². The van der Waals surface area contributed by atoms with E-state index in [1.807, 2.05) is 43.3 Å². The molecule has 3 rings (SSSR count). The molecule has 0 radical (unpaired) electrons. The van der Waals surface area contributed by atoms with Crippen molar-refractivity contribution in [2.75, 3.05) is 18.5 Å². The van der Waals surface area contributed by atoms with Crippen molar-refractivity contribution in [3.63, 3.8) is 0 Å². The highest BCUT2D eigenvalue weighted by atomic mass is 35.5. The van der Waals surface area contributed by atoms with E-state index in [-0.39, 0.29) is 6.61 Å². The van der Waals surface area contributed by atoms with Gasteiger partial charge >= 0.3 is 5.97 Å². The number of esters is 1. The molecule has 0 fully saturated rings. The van der Waals surface area contributed by atoms with Crippen LogP contribution in [0.1, 0.15) is 24.2 Å². The molecule has 3 aromatic rings. The SMILES string of the molecule is CCOC(=O)c1cnc2c(Cl)cccc2c1Nc1ccc(OCC)cc1. The summed E-state index contributed by atoms with van der Waals surface area (Å²) >= 11 is 6.26. The van der Waals surface area contributed by atoms with Crippen molar-refractivity contribution >= 4 is 39.8 Å². The molecule has 1 heterocycles. The van der Waals surface area contributed by atoms with Gasteiger partial charge in [-0.2, -0.15) is 0 Å². The van der Waals surface area contributed by atoms with E-state index in [9.17, 15) is 4.79 Å². The molecule has 2 aromatic carbocycles. The van der Waals surface area contributed by atoms with E-state index in [0.717, 1.165) is 16.8 Å². The van der Waals surface area contributed by atoms with Crippen LogP contribution in [0, 0.1) is 0 Å². The van der Waals surface area contributed by atoms with Crippen molar-refractivity contribution in [3.8, 4) is 5.75 Å². The Balaban J connectivity index is 2.07. The third-order valence-corrected chi connectivity index (χ3v) is 4.08. The third-order valence-electron chi connectivity index (χ3n) is 3.78. The van der Waals surface area contributed by atoms with Crippen molar-refractivity contribution < 1.29 is 14.3 Å². The van der Waals surface area contributed by atoms with Gasteiger partial charge in [0, 0.05) is 17.3 Å². The Morgan fingerprint density at radius 2 is 1.88 bits per heavy atom. The van der Waals surface area contributed by atoms with Crippen LogP contribution in [0.3, 0.4) is 0 Å². The number of hydrogen-bond acceptors (Lipinski definition) is 5. The van der Waals surface area contributed by atoms with Crippen LogP contribution in [-0.2, 0) is 4.74 Å². The van der Waals surface area contributed by atoms with Crippen LogP contribution in [0.2, 0.25) is 5.02 Å². The zero-order valence-electron chi connectivity index (χ0n) is 14.6. The summed E-state index contributed by atoms with van der Waals surface area (Å²) in [6.45, 7) is 4.59. The number of carbonyl (C=O) groups excluding carboxylic acids is 1. The number of para-hydroxylation sites is 1. The van der Waals surface area contributed by atoms with E-state index in [0.29, 0.717) is 28.4 Å². The minimum absolute atomic E-state index is 0.287. The number of pyridine rings is 1. The Hall–Kier alpha value is -2.79. The van der Waals surface area contributed by atoms with E-state index in [1.54, 1.807) is 13.0 Å². The number of nitrogens with one attached hydrogen (secondary N) is 1. The second kappa shape index (κ2) is 8.06. The van der Waals surface area contributed by atoms with Crippen LogP contribution >= 0.6 is 11.6 Å². The predicted octanol–water partition coefficient (Wildman–Crippen LogP) is 5.21. The minimum Gasteiger partial charge on any atom is -0.494 e. The number of benzene rings is 2. The van der Waals surface area contributed by atoms with Crippen molar-refractivity contribution in [2.45, 2.75) is 13.8 Å². The van der Waals surface area contributed by atoms with Gasteiger partial charge in [0.25, 0.3) is 0 Å². The topological polar surface area (TPSA) is 60.5 Å². The molecule has 1 N–H and O–H groups in total. The second-order valence-corrected chi connectivity index (χ2v) is 5.89. The maximum atomic E-state index is 12.4. The summed E-state index contributed by atoms with van der Waals surface area (Å²) < 4.78 is 10.6. The van der Waals surface area contributed by atoms with E-state index in [1.165, 1.54) is 6.20 Å². The molecular formula is C20H19ClN2O3. The highest BCUT2D eigenvalue weighted by Gasteiger charge is 2.18. The standard InChI is InChI=1S/C20H19ClN2O3/c1-3-25-14-10-8-13(9-11-14)23-18-15-6-5-7-17(21)19(15)22-12-16(18)20(24)26-4-2/h5-12H,3-4H2,1-2H3,(H,22,23). The summed E-state index contributed by atoms with van der Waals surface area (Å²) in [6.07, 6.45) is 1.49. The van der Waals surface area contributed by atoms with E-state index >= 15 is 0 Å². The summed E-state index contributed by atoms with van der Waals surface area (Å²) in [5.41, 5.74) is 2.40. The lowest BCUT2D eigenvalue weighted by Crippen LogP contribution is -2.09. The molecule has 0 aliphatic rings. The van der Waals surface area contributed by atoms with Crippen LogP contribution in [0.15, 0.2) is 48.7 Å². The predicted molar refractivity (Wildman–Crippen MR) is 104 cm³/mol. The first-order valence-corrected chi connectivity index (χ1v) is 8.76. The summed E-state index contributed by atoms with van der Waals surface area (Å²) in [6, 6.07) is 13.0. The van der Waals surface area contributed by atoms with Gasteiger partial charge < -0.3 is 14.8 Å². The van der Waals surface area contributed by atoms with Gasteiger partial charge in [-0.3, -0.25) is 4.98 Å². The number of hydrogen-bond donors (Lipinski definition) is 1. The number of ether oxygens (including phenoxy) is 2. The molecule has 0 atom stereocenters. The van der Waals surface area contributed by atoms with Gasteiger partial charge in [-0.1, -0.05) is 23.7 Å². The molecule has 0 spiro atoms. The summed E-state index contributed by atoms with van der Waals surface area (Å²) in [5.74, 6) is 0.349. The largest absolute Gasteiger partial charge is 0.494 e. The lowest BCUT2D eigenvalue weighted by Gasteiger charge is -2.15. The molecule has 1 aromatic heterocycles. The average Bonchev–Trinajstić information content (AvgIpc) is 2.64. The Morgan fingerprint density at radius 3 is 2.58 bits per heavy atom. The molecular weight excluding hydrogens is 352 g/mol. The molecule has 0 unspecified atom stereocenters. The second-order valence-electron chi connectivity index (χ2n) is 5.49. The third kappa shape index (κ3) is 3.73. The molecule has 0 saturated carbocycles. The van der Waals surface area contributed by atoms with Gasteiger partial charge in [0.1, 0.15) is 11.3 Å². The number of carbonyl (C=O) groups is 1. The molecule has 0 amide bonds. The molecule has 5 nitrogen and oxygen atoms in total. The zero-order chi connectivity index (χ0) is 18.5. The first-order valence-electron chi connectivity index (χ1n) is 8.38. The lowest BCUT2D eigenvalue weighted by molar-refractivity contribution is 0.0527. The maximum Gasteiger partial charge on any atom is 0.341 e. The number of nitrogens with zero attached hydrogens (tertiary/aromatic N) is 1. The Morgan fingerprint density at radius 1 is 1.12 bits per heavy atom. The van der Waals surface area contributed by atoms with Gasteiger partial charge in [-0.15, -0.1) is 0 Å². The number of halogens is 1. The Labute approximate surface area is 156 Å². The fourth-order valence-corrected chi connectivity index (χ4v) is 2.85. The molecule has 26 heavy (non-hydrogen) atoms. The highest BCUT2D eigenvalue weighted by molar-refractivity contribution is 6.35. The smallest absolute Gasteiger partial charge is 0.341 e. The first kappa shape index (κ1) is 18.0. The first-order chi connectivity index (χ1) is 12.6. The number of anilines is 2. The Kier molecular flexibility index (Phi) is 5.58. The quantitative estimate of drug-likeness (QED) is 0.604. The summed E-state index contributed by atoms with van der Waals surface area (Å²) in [7, 11) is 0. The van der Waals surface area contributed by atoms with Crippen LogP contribution in [0.4, 0.5) is 11.4 Å². The van der Waals surface area contributed by atoms with E-state index in [4.69, 9.17) is 21.1 Å². The van der Waals surface area contributed by atoms with Crippen molar-refractivity contribution in [1.82, 2.24) is 4.98 Å². The van der Waals surface area contributed by atoms with Crippen LogP contribution in [0.25, 0.3) is 10.9 Å². The van der Waals surface area contributed by atoms with Gasteiger partial charge in [0.15, 0.2) is 0 Å². The van der Waals surface area contributed by atoms with E-state index < -0.39 is 5.97 Å². The molecule has 0 saturated heterocycles. The fourth-order valence-electron chi connectivity index (χ4n) is 2.63. The van der Waals surface area contributed by atoms with Crippen molar-refractivity contribution in [2.24, 2.45) is 0 Å². The highest BCUT2D eigenvalue weighted by Crippen LogP contribution is 2.33. The van der Waals surface area contributed by atoms with Gasteiger partial charge in [0.2, 0.25) is 0 Å². The average molecular weight is 371 g/mol. The summed E-state index contributed by atoms with van der Waals surface area (Å²) in [4.78, 5) is 16.7. The monoisotopic (exact) mass is 370 g/mol. The van der Waals surface area contributed by atoms with E-state index in [2.05, 4.69) is 10.3 Å². The van der Waals surface area contributed by atoms with Gasteiger partial charge in [-0.05, 0) is 44.2 Å². The van der Waals surface area contributed by atoms with Gasteiger partial charge in [0.05, 0.1) is 29.4 Å². The van der Waals surface area contributed by atoms with Crippen molar-refractivity contribution in [3.05, 3.63) is 59.2 Å². The maximum absolute atomic E-state index is 12.4. The molecule has 0 aliphatic heterocycles. The molecule has 134 valence electrons. The van der Waals surface area contributed by atoms with Crippen molar-refractivity contribution in [1.29, 1.82) is 0 Å². The van der Waals surface area contributed by atoms with Gasteiger partial charge in [-0.25, -0.2) is 4.79 Å². The van der Waals surface area contributed by atoms with Crippen LogP contribution < -0.4 is 10.1 Å². The lowest BCUT2D eigenvalue weighted by atomic mass is 10.1. The number of aromatic nitrogens is 1. The van der Waals surface area contributed by atoms with Crippen LogP contribution in [0.5, 0.6) is 5.75 Å². The summed E-state index contributed by atoms with van der Waals surface area (Å²) in [5, 5.41) is 4.56. The minimum atomic E-state index is -0.435. The number of rotatable bonds is 6. The number of fused-ring (bicyclic) bond motifs is 1. The normalized spacial score (nSPS) is 10.6. The molecule has 0 aliphatic carbocycles.